The summed E-state index contributed by atoms with van der Waals surface area (Å²) in [6.07, 6.45) is 1.57. The van der Waals surface area contributed by atoms with E-state index in [0.29, 0.717) is 32.2 Å². The fraction of sp³-hybridized carbons (Fsp3) is 0.917. The van der Waals surface area contributed by atoms with Crippen molar-refractivity contribution in [2.75, 3.05) is 39.4 Å². The van der Waals surface area contributed by atoms with Gasteiger partial charge in [-0.05, 0) is 25.7 Å². The van der Waals surface area contributed by atoms with Crippen LogP contribution >= 0.6 is 0 Å². The molecule has 98 valence electrons. The number of carbonyl (C=O) groups is 1. The van der Waals surface area contributed by atoms with Crippen LogP contribution in [-0.4, -0.2) is 66.4 Å². The molecule has 2 aliphatic rings. The molecule has 0 aromatic heterocycles. The van der Waals surface area contributed by atoms with Crippen molar-refractivity contribution in [3.63, 3.8) is 0 Å². The highest BCUT2D eigenvalue weighted by Gasteiger charge is 2.28. The molecule has 2 rings (SSSR count). The molecule has 0 saturated carbocycles. The summed E-state index contributed by atoms with van der Waals surface area (Å²) in [5.41, 5.74) is 0. The van der Waals surface area contributed by atoms with E-state index in [4.69, 9.17) is 4.74 Å². The molecular weight excluding hydrogens is 220 g/mol. The molecule has 2 amide bonds. The largest absolute Gasteiger partial charge is 0.393 e. The molecule has 2 fully saturated rings. The van der Waals surface area contributed by atoms with Gasteiger partial charge in [0, 0.05) is 26.2 Å². The van der Waals surface area contributed by atoms with Gasteiger partial charge in [0.1, 0.15) is 0 Å². The first-order valence-electron chi connectivity index (χ1n) is 6.48. The second kappa shape index (κ2) is 5.69. The Hall–Kier alpha value is -0.810. The summed E-state index contributed by atoms with van der Waals surface area (Å²) in [5, 5.41) is 9.52. The number of hydrogen-bond donors (Lipinski definition) is 1. The average molecular weight is 242 g/mol. The van der Waals surface area contributed by atoms with E-state index in [2.05, 4.69) is 0 Å². The molecule has 2 aliphatic heterocycles. The van der Waals surface area contributed by atoms with Crippen LogP contribution in [0.1, 0.15) is 19.8 Å². The summed E-state index contributed by atoms with van der Waals surface area (Å²) in [4.78, 5) is 15.9. The van der Waals surface area contributed by atoms with Crippen LogP contribution in [0.3, 0.4) is 0 Å². The molecule has 2 saturated heterocycles. The van der Waals surface area contributed by atoms with Gasteiger partial charge in [0.05, 0.1) is 19.3 Å². The van der Waals surface area contributed by atoms with Gasteiger partial charge < -0.3 is 19.6 Å². The number of piperidine rings is 1. The van der Waals surface area contributed by atoms with Crippen LogP contribution in [0.25, 0.3) is 0 Å². The lowest BCUT2D eigenvalue weighted by Gasteiger charge is -2.37. The van der Waals surface area contributed by atoms with Gasteiger partial charge in [-0.25, -0.2) is 4.79 Å². The van der Waals surface area contributed by atoms with Crippen molar-refractivity contribution < 1.29 is 14.6 Å². The summed E-state index contributed by atoms with van der Waals surface area (Å²) in [5.74, 6) is 0.351. The van der Waals surface area contributed by atoms with Gasteiger partial charge in [0.15, 0.2) is 0 Å². The molecule has 0 bridgehead atoms. The minimum Gasteiger partial charge on any atom is -0.393 e. The van der Waals surface area contributed by atoms with Crippen molar-refractivity contribution in [1.29, 1.82) is 0 Å². The lowest BCUT2D eigenvalue weighted by Crippen LogP contribution is -2.50. The minimum absolute atomic E-state index is 0.136. The quantitative estimate of drug-likeness (QED) is 0.730. The molecule has 0 spiro atoms. The molecular formula is C12H22N2O3. The fourth-order valence-corrected chi connectivity index (χ4v) is 2.53. The Morgan fingerprint density at radius 1 is 1.18 bits per heavy atom. The number of likely N-dealkylation sites (tertiary alicyclic amines) is 1. The molecule has 2 heterocycles. The van der Waals surface area contributed by atoms with Crippen LogP contribution < -0.4 is 0 Å². The van der Waals surface area contributed by atoms with Crippen LogP contribution in [0.15, 0.2) is 0 Å². The maximum absolute atomic E-state index is 12.2. The van der Waals surface area contributed by atoms with Crippen molar-refractivity contribution in [3.8, 4) is 0 Å². The van der Waals surface area contributed by atoms with Gasteiger partial charge >= 0.3 is 6.03 Å². The molecule has 1 atom stereocenters. The van der Waals surface area contributed by atoms with Crippen LogP contribution in [0, 0.1) is 5.92 Å². The van der Waals surface area contributed by atoms with Gasteiger partial charge in [-0.15, -0.1) is 0 Å². The van der Waals surface area contributed by atoms with Crippen molar-refractivity contribution in [3.05, 3.63) is 0 Å². The summed E-state index contributed by atoms with van der Waals surface area (Å²) >= 11 is 0. The van der Waals surface area contributed by atoms with Gasteiger partial charge in [0.2, 0.25) is 0 Å². The van der Waals surface area contributed by atoms with Crippen LogP contribution in [0.2, 0.25) is 0 Å². The molecule has 0 radical (unpaired) electrons. The third-order valence-electron chi connectivity index (χ3n) is 3.77. The summed E-state index contributed by atoms with van der Waals surface area (Å²) in [7, 11) is 0. The van der Waals surface area contributed by atoms with E-state index in [1.54, 1.807) is 0 Å². The third-order valence-corrected chi connectivity index (χ3v) is 3.77. The lowest BCUT2D eigenvalue weighted by atomic mass is 9.92. The standard InChI is InChI=1S/C12H22N2O3/c1-10(15)11-2-4-13(5-3-11)12(16)14-6-8-17-9-7-14/h10-11,15H,2-9H2,1H3. The van der Waals surface area contributed by atoms with Gasteiger partial charge in [-0.2, -0.15) is 0 Å². The molecule has 0 aromatic carbocycles. The third kappa shape index (κ3) is 3.10. The van der Waals surface area contributed by atoms with E-state index >= 15 is 0 Å². The highest BCUT2D eigenvalue weighted by atomic mass is 16.5. The predicted octanol–water partition coefficient (Wildman–Crippen LogP) is 0.531. The normalized spacial score (nSPS) is 24.8. The molecule has 0 aromatic rings. The van der Waals surface area contributed by atoms with Crippen LogP contribution in [-0.2, 0) is 4.74 Å². The maximum Gasteiger partial charge on any atom is 0.320 e. The summed E-state index contributed by atoms with van der Waals surface area (Å²) in [6, 6.07) is 0.136. The highest BCUT2D eigenvalue weighted by molar-refractivity contribution is 5.74. The molecule has 5 heteroatoms. The molecule has 1 unspecified atom stereocenters. The zero-order chi connectivity index (χ0) is 12.3. The highest BCUT2D eigenvalue weighted by Crippen LogP contribution is 2.21. The number of nitrogens with zero attached hydrogens (tertiary/aromatic N) is 2. The monoisotopic (exact) mass is 242 g/mol. The Bertz CT molecular complexity index is 256. The first-order chi connectivity index (χ1) is 8.18. The molecule has 5 nitrogen and oxygen atoms in total. The molecule has 1 N–H and O–H groups in total. The minimum atomic E-state index is -0.254. The number of aliphatic hydroxyl groups excluding tert-OH is 1. The fourth-order valence-electron chi connectivity index (χ4n) is 2.53. The molecule has 0 aliphatic carbocycles. The van der Waals surface area contributed by atoms with Gasteiger partial charge in [0.25, 0.3) is 0 Å². The smallest absolute Gasteiger partial charge is 0.320 e. The van der Waals surface area contributed by atoms with Crippen LogP contribution in [0.4, 0.5) is 4.79 Å². The Kier molecular flexibility index (Phi) is 4.23. The van der Waals surface area contributed by atoms with E-state index in [9.17, 15) is 9.90 Å². The first kappa shape index (κ1) is 12.6. The predicted molar refractivity (Wildman–Crippen MR) is 63.8 cm³/mol. The first-order valence-corrected chi connectivity index (χ1v) is 6.48. The zero-order valence-corrected chi connectivity index (χ0v) is 10.5. The second-order valence-corrected chi connectivity index (χ2v) is 4.95. The van der Waals surface area contributed by atoms with Gasteiger partial charge in [-0.1, -0.05) is 0 Å². The number of rotatable bonds is 1. The summed E-state index contributed by atoms with van der Waals surface area (Å²) in [6.45, 7) is 6.08. The van der Waals surface area contributed by atoms with Crippen molar-refractivity contribution in [2.45, 2.75) is 25.9 Å². The Morgan fingerprint density at radius 2 is 1.71 bits per heavy atom. The Morgan fingerprint density at radius 3 is 2.24 bits per heavy atom. The number of hydrogen-bond acceptors (Lipinski definition) is 3. The SMILES string of the molecule is CC(O)C1CCN(C(=O)N2CCOCC2)CC1. The van der Waals surface area contributed by atoms with E-state index in [1.807, 2.05) is 16.7 Å². The number of ether oxygens (including phenoxy) is 1. The average Bonchev–Trinajstić information content (AvgIpc) is 2.39. The maximum atomic E-state index is 12.2. The number of aliphatic hydroxyl groups is 1. The van der Waals surface area contributed by atoms with E-state index in [1.165, 1.54) is 0 Å². The van der Waals surface area contributed by atoms with E-state index in [-0.39, 0.29) is 12.1 Å². The van der Waals surface area contributed by atoms with E-state index in [0.717, 1.165) is 25.9 Å². The Labute approximate surface area is 102 Å². The second-order valence-electron chi connectivity index (χ2n) is 4.95. The number of morpholine rings is 1. The van der Waals surface area contributed by atoms with Gasteiger partial charge in [-0.3, -0.25) is 0 Å². The topological polar surface area (TPSA) is 53.0 Å². The number of amides is 2. The number of carbonyl (C=O) groups excluding carboxylic acids is 1. The van der Waals surface area contributed by atoms with E-state index < -0.39 is 0 Å². The van der Waals surface area contributed by atoms with Crippen LogP contribution in [0.5, 0.6) is 0 Å². The number of urea groups is 1. The zero-order valence-electron chi connectivity index (χ0n) is 10.5. The lowest BCUT2D eigenvalue weighted by molar-refractivity contribution is 0.0336. The summed E-state index contributed by atoms with van der Waals surface area (Å²) < 4.78 is 5.24. The van der Waals surface area contributed by atoms with Crippen molar-refractivity contribution in [2.24, 2.45) is 5.92 Å². The molecule has 17 heavy (non-hydrogen) atoms. The van der Waals surface area contributed by atoms with Crippen molar-refractivity contribution in [1.82, 2.24) is 9.80 Å². The Balaban J connectivity index is 1.81. The van der Waals surface area contributed by atoms with Crippen molar-refractivity contribution >= 4 is 6.03 Å².